The molecular weight excluding hydrogens is 395 g/mol. The van der Waals surface area contributed by atoms with Crippen molar-refractivity contribution in [3.8, 4) is 17.2 Å². The molecule has 0 aliphatic carbocycles. The maximum atomic E-state index is 13.9. The van der Waals surface area contributed by atoms with Gasteiger partial charge in [0.25, 0.3) is 5.91 Å². The van der Waals surface area contributed by atoms with Crippen LogP contribution in [0.1, 0.15) is 41.4 Å². The number of piperazine rings is 1. The van der Waals surface area contributed by atoms with Crippen LogP contribution in [-0.4, -0.2) is 42.0 Å². The van der Waals surface area contributed by atoms with E-state index < -0.39 is 0 Å². The Morgan fingerprint density at radius 2 is 1.97 bits per heavy atom. The van der Waals surface area contributed by atoms with Crippen LogP contribution in [-0.2, 0) is 0 Å². The second-order valence-corrected chi connectivity index (χ2v) is 7.86. The second-order valence-electron chi connectivity index (χ2n) is 7.86. The summed E-state index contributed by atoms with van der Waals surface area (Å²) in [6, 6.07) is 12.1. The molecule has 1 aliphatic heterocycles. The number of hydrogen-bond acceptors (Lipinski definition) is 5. The molecule has 0 unspecified atom stereocenters. The molecule has 1 amide bonds. The molecule has 158 valence electrons. The van der Waals surface area contributed by atoms with Crippen molar-refractivity contribution in [1.29, 1.82) is 5.26 Å². The number of nitrogens with zero attached hydrogens (tertiary/aromatic N) is 4. The molecule has 0 spiro atoms. The third kappa shape index (κ3) is 4.15. The van der Waals surface area contributed by atoms with Crippen LogP contribution in [0.15, 0.2) is 53.3 Å². The first-order valence-corrected chi connectivity index (χ1v) is 10.3. The Hall–Kier alpha value is -3.66. The summed E-state index contributed by atoms with van der Waals surface area (Å²) < 4.78 is 18.9. The Balaban J connectivity index is 1.67. The maximum absolute atomic E-state index is 13.9. The van der Waals surface area contributed by atoms with Gasteiger partial charge in [-0.1, -0.05) is 26.0 Å². The van der Waals surface area contributed by atoms with Crippen molar-refractivity contribution < 1.29 is 13.6 Å². The molecule has 4 rings (SSSR count). The average Bonchev–Trinajstić information content (AvgIpc) is 3.32. The molecule has 3 heterocycles. The summed E-state index contributed by atoms with van der Waals surface area (Å²) in [4.78, 5) is 21.2. The third-order valence-corrected chi connectivity index (χ3v) is 5.49. The summed E-state index contributed by atoms with van der Waals surface area (Å²) in [6.45, 7) is 6.20. The molecular formula is C24H23FN4O2. The third-order valence-electron chi connectivity index (χ3n) is 5.49. The number of rotatable bonds is 4. The van der Waals surface area contributed by atoms with E-state index >= 15 is 0 Å². The number of benzene rings is 1. The molecule has 1 aromatic carbocycles. The van der Waals surface area contributed by atoms with Crippen LogP contribution >= 0.6 is 0 Å². The summed E-state index contributed by atoms with van der Waals surface area (Å²) in [5, 5.41) is 9.97. The van der Waals surface area contributed by atoms with Crippen LogP contribution in [0.3, 0.4) is 0 Å². The van der Waals surface area contributed by atoms with Crippen LogP contribution in [0.4, 0.5) is 10.2 Å². The number of amides is 1. The Kier molecular flexibility index (Phi) is 5.72. The number of halogens is 1. The first-order valence-electron chi connectivity index (χ1n) is 10.3. The summed E-state index contributed by atoms with van der Waals surface area (Å²) in [7, 11) is 0. The molecule has 0 radical (unpaired) electrons. The van der Waals surface area contributed by atoms with Gasteiger partial charge in [-0.2, -0.15) is 5.26 Å². The molecule has 6 nitrogen and oxygen atoms in total. The van der Waals surface area contributed by atoms with E-state index in [1.165, 1.54) is 24.7 Å². The summed E-state index contributed by atoms with van der Waals surface area (Å²) in [5.41, 5.74) is 3.11. The van der Waals surface area contributed by atoms with E-state index in [9.17, 15) is 14.4 Å². The summed E-state index contributed by atoms with van der Waals surface area (Å²) in [5.74, 6) is 0.307. The normalized spacial score (nSPS) is 14.0. The predicted molar refractivity (Wildman–Crippen MR) is 115 cm³/mol. The van der Waals surface area contributed by atoms with Gasteiger partial charge >= 0.3 is 0 Å². The SMILES string of the molecule is CC(C)c1cc(-c2cccc(F)c2)c(C#N)c(N2CCN(C(=O)c3ccoc3)CC2)n1. The lowest BCUT2D eigenvalue weighted by molar-refractivity contribution is 0.0746. The lowest BCUT2D eigenvalue weighted by Crippen LogP contribution is -2.49. The predicted octanol–water partition coefficient (Wildman–Crippen LogP) is 4.44. The first-order chi connectivity index (χ1) is 15.0. The van der Waals surface area contributed by atoms with Gasteiger partial charge in [0.15, 0.2) is 0 Å². The number of carbonyl (C=O) groups excluding carboxylic acids is 1. The molecule has 2 aromatic heterocycles. The Morgan fingerprint density at radius 1 is 1.19 bits per heavy atom. The molecule has 0 bridgehead atoms. The van der Waals surface area contributed by atoms with Crippen molar-refractivity contribution in [3.05, 3.63) is 71.6 Å². The van der Waals surface area contributed by atoms with Crippen molar-refractivity contribution in [2.75, 3.05) is 31.1 Å². The monoisotopic (exact) mass is 418 g/mol. The fourth-order valence-electron chi connectivity index (χ4n) is 3.76. The molecule has 31 heavy (non-hydrogen) atoms. The van der Waals surface area contributed by atoms with Crippen molar-refractivity contribution in [3.63, 3.8) is 0 Å². The largest absolute Gasteiger partial charge is 0.472 e. The van der Waals surface area contributed by atoms with Gasteiger partial charge < -0.3 is 14.2 Å². The molecule has 0 saturated carbocycles. The highest BCUT2D eigenvalue weighted by atomic mass is 19.1. The van der Waals surface area contributed by atoms with E-state index in [0.29, 0.717) is 54.3 Å². The van der Waals surface area contributed by atoms with Crippen molar-refractivity contribution >= 4 is 11.7 Å². The first kappa shape index (κ1) is 20.6. The van der Waals surface area contributed by atoms with Gasteiger partial charge in [-0.25, -0.2) is 9.37 Å². The zero-order valence-corrected chi connectivity index (χ0v) is 17.5. The number of pyridine rings is 1. The van der Waals surface area contributed by atoms with Crippen molar-refractivity contribution in [2.45, 2.75) is 19.8 Å². The standard InChI is InChI=1S/C24H23FN4O2/c1-16(2)22-13-20(17-4-3-5-19(25)12-17)21(14-26)23(27-22)28-7-9-29(10-8-28)24(30)18-6-11-31-15-18/h3-6,11-13,15-16H,7-10H2,1-2H3. The van der Waals surface area contributed by atoms with E-state index in [-0.39, 0.29) is 17.6 Å². The molecule has 1 fully saturated rings. The van der Waals surface area contributed by atoms with Gasteiger partial charge in [0, 0.05) is 37.4 Å². The fraction of sp³-hybridized carbons (Fsp3) is 0.292. The Morgan fingerprint density at radius 3 is 2.58 bits per heavy atom. The number of anilines is 1. The van der Waals surface area contributed by atoms with Crippen LogP contribution in [0.2, 0.25) is 0 Å². The van der Waals surface area contributed by atoms with Gasteiger partial charge in [-0.3, -0.25) is 4.79 Å². The quantitative estimate of drug-likeness (QED) is 0.626. The highest BCUT2D eigenvalue weighted by Gasteiger charge is 2.27. The maximum Gasteiger partial charge on any atom is 0.257 e. The highest BCUT2D eigenvalue weighted by Crippen LogP contribution is 2.33. The van der Waals surface area contributed by atoms with Crippen LogP contribution in [0.5, 0.6) is 0 Å². The Labute approximate surface area is 180 Å². The number of nitriles is 1. The zero-order chi connectivity index (χ0) is 22.0. The molecule has 1 saturated heterocycles. The van der Waals surface area contributed by atoms with E-state index in [1.54, 1.807) is 23.1 Å². The molecule has 7 heteroatoms. The van der Waals surface area contributed by atoms with Gasteiger partial charge in [0.05, 0.1) is 11.8 Å². The van der Waals surface area contributed by atoms with Gasteiger partial charge in [-0.15, -0.1) is 0 Å². The highest BCUT2D eigenvalue weighted by molar-refractivity contribution is 5.94. The number of furan rings is 1. The minimum absolute atomic E-state index is 0.0711. The minimum atomic E-state index is -0.350. The molecule has 3 aromatic rings. The van der Waals surface area contributed by atoms with Gasteiger partial charge in [-0.05, 0) is 35.7 Å². The van der Waals surface area contributed by atoms with Crippen LogP contribution in [0.25, 0.3) is 11.1 Å². The second kappa shape index (κ2) is 8.60. The van der Waals surface area contributed by atoms with Gasteiger partial charge in [0.1, 0.15) is 29.5 Å². The zero-order valence-electron chi connectivity index (χ0n) is 17.5. The average molecular weight is 418 g/mol. The molecule has 1 aliphatic rings. The topological polar surface area (TPSA) is 73.4 Å². The fourth-order valence-corrected chi connectivity index (χ4v) is 3.76. The van der Waals surface area contributed by atoms with Gasteiger partial charge in [0.2, 0.25) is 0 Å². The number of aromatic nitrogens is 1. The van der Waals surface area contributed by atoms with Crippen molar-refractivity contribution in [2.24, 2.45) is 0 Å². The van der Waals surface area contributed by atoms with Crippen LogP contribution in [0, 0.1) is 17.1 Å². The van der Waals surface area contributed by atoms with Crippen LogP contribution < -0.4 is 4.90 Å². The summed E-state index contributed by atoms with van der Waals surface area (Å²) in [6.07, 6.45) is 2.93. The van der Waals surface area contributed by atoms with E-state index in [1.807, 2.05) is 24.8 Å². The number of carbonyl (C=O) groups is 1. The number of hydrogen-bond donors (Lipinski definition) is 0. The Bertz CT molecular complexity index is 1130. The van der Waals surface area contributed by atoms with E-state index in [4.69, 9.17) is 9.40 Å². The lowest BCUT2D eigenvalue weighted by atomic mass is 9.97. The van der Waals surface area contributed by atoms with Crippen molar-refractivity contribution in [1.82, 2.24) is 9.88 Å². The minimum Gasteiger partial charge on any atom is -0.472 e. The van der Waals surface area contributed by atoms with E-state index in [2.05, 4.69) is 6.07 Å². The van der Waals surface area contributed by atoms with E-state index in [0.717, 1.165) is 5.69 Å². The molecule has 0 N–H and O–H groups in total. The smallest absolute Gasteiger partial charge is 0.257 e. The molecule has 0 atom stereocenters. The lowest BCUT2D eigenvalue weighted by Gasteiger charge is -2.36. The summed E-state index contributed by atoms with van der Waals surface area (Å²) >= 11 is 0.